The maximum absolute atomic E-state index is 13.0. The number of anilines is 1. The van der Waals surface area contributed by atoms with Crippen LogP contribution in [0.5, 0.6) is 11.5 Å². The highest BCUT2D eigenvalue weighted by Gasteiger charge is 2.43. The Hall–Kier alpha value is -3.49. The van der Waals surface area contributed by atoms with E-state index >= 15 is 0 Å². The van der Waals surface area contributed by atoms with Crippen LogP contribution >= 0.6 is 0 Å². The standard InChI is InChI=1S/C17H13F2N3O4/c1-2-15(23)21-9-12-7-10(5-6-20-12)16(24)22-11-3-4-13-14(8-11)26-17(18,19)25-13/h2-8H,1,9H2,(H,21,23)(H,22,24). The highest BCUT2D eigenvalue weighted by Crippen LogP contribution is 2.42. The van der Waals surface area contributed by atoms with E-state index in [1.54, 1.807) is 0 Å². The molecule has 134 valence electrons. The average molecular weight is 361 g/mol. The lowest BCUT2D eigenvalue weighted by molar-refractivity contribution is -0.286. The zero-order chi connectivity index (χ0) is 18.7. The van der Waals surface area contributed by atoms with Gasteiger partial charge in [0.1, 0.15) is 0 Å². The smallest absolute Gasteiger partial charge is 0.395 e. The lowest BCUT2D eigenvalue weighted by Crippen LogP contribution is -2.25. The van der Waals surface area contributed by atoms with Gasteiger partial charge in [0.2, 0.25) is 5.91 Å². The summed E-state index contributed by atoms with van der Waals surface area (Å²) in [6, 6.07) is 6.90. The molecule has 2 amide bonds. The topological polar surface area (TPSA) is 89.6 Å². The third-order valence-corrected chi connectivity index (χ3v) is 3.37. The van der Waals surface area contributed by atoms with Crippen LogP contribution in [-0.4, -0.2) is 23.1 Å². The van der Waals surface area contributed by atoms with Crippen molar-refractivity contribution in [2.45, 2.75) is 12.8 Å². The molecule has 0 radical (unpaired) electrons. The van der Waals surface area contributed by atoms with Gasteiger partial charge in [-0.15, -0.1) is 8.78 Å². The number of amides is 2. The van der Waals surface area contributed by atoms with E-state index in [0.29, 0.717) is 5.69 Å². The lowest BCUT2D eigenvalue weighted by atomic mass is 10.2. The molecular formula is C17H13F2N3O4. The second-order valence-corrected chi connectivity index (χ2v) is 5.24. The molecule has 0 spiro atoms. The number of hydrogen-bond acceptors (Lipinski definition) is 5. The largest absolute Gasteiger partial charge is 0.586 e. The van der Waals surface area contributed by atoms with Gasteiger partial charge in [-0.25, -0.2) is 0 Å². The summed E-state index contributed by atoms with van der Waals surface area (Å²) >= 11 is 0. The summed E-state index contributed by atoms with van der Waals surface area (Å²) in [6.07, 6.45) is -1.18. The zero-order valence-corrected chi connectivity index (χ0v) is 13.3. The lowest BCUT2D eigenvalue weighted by Gasteiger charge is -2.07. The molecule has 26 heavy (non-hydrogen) atoms. The third kappa shape index (κ3) is 3.94. The summed E-state index contributed by atoms with van der Waals surface area (Å²) in [6.45, 7) is 3.47. The Morgan fingerprint density at radius 3 is 2.73 bits per heavy atom. The average Bonchev–Trinajstić information content (AvgIpc) is 2.93. The van der Waals surface area contributed by atoms with Crippen molar-refractivity contribution < 1.29 is 27.8 Å². The van der Waals surface area contributed by atoms with Gasteiger partial charge < -0.3 is 20.1 Å². The molecule has 1 aromatic heterocycles. The van der Waals surface area contributed by atoms with Crippen LogP contribution in [0.3, 0.4) is 0 Å². The molecule has 0 fully saturated rings. The van der Waals surface area contributed by atoms with E-state index in [1.165, 1.54) is 36.5 Å². The molecule has 2 heterocycles. The summed E-state index contributed by atoms with van der Waals surface area (Å²) < 4.78 is 34.7. The van der Waals surface area contributed by atoms with Crippen molar-refractivity contribution in [3.05, 3.63) is 60.4 Å². The summed E-state index contributed by atoms with van der Waals surface area (Å²) in [5, 5.41) is 5.12. The van der Waals surface area contributed by atoms with E-state index in [-0.39, 0.29) is 35.2 Å². The number of benzene rings is 1. The fourth-order valence-electron chi connectivity index (χ4n) is 2.20. The van der Waals surface area contributed by atoms with E-state index in [1.807, 2.05) is 0 Å². The van der Waals surface area contributed by atoms with Gasteiger partial charge in [-0.1, -0.05) is 6.58 Å². The molecule has 2 aromatic rings. The van der Waals surface area contributed by atoms with Gasteiger partial charge >= 0.3 is 6.29 Å². The molecule has 3 rings (SSSR count). The number of pyridine rings is 1. The summed E-state index contributed by atoms with van der Waals surface area (Å²) in [4.78, 5) is 27.5. The van der Waals surface area contributed by atoms with E-state index < -0.39 is 12.2 Å². The van der Waals surface area contributed by atoms with E-state index in [0.717, 1.165) is 6.08 Å². The quantitative estimate of drug-likeness (QED) is 0.799. The van der Waals surface area contributed by atoms with Crippen molar-refractivity contribution in [2.24, 2.45) is 0 Å². The van der Waals surface area contributed by atoms with Gasteiger partial charge in [0.25, 0.3) is 5.91 Å². The SMILES string of the molecule is C=CC(=O)NCc1cc(C(=O)Nc2ccc3c(c2)OC(F)(F)O3)ccn1. The fraction of sp³-hybridized carbons (Fsp3) is 0.118. The van der Waals surface area contributed by atoms with Crippen LogP contribution in [0.2, 0.25) is 0 Å². The Morgan fingerprint density at radius 1 is 1.19 bits per heavy atom. The van der Waals surface area contributed by atoms with Crippen LogP contribution in [0.1, 0.15) is 16.1 Å². The maximum atomic E-state index is 13.0. The van der Waals surface area contributed by atoms with Crippen molar-refractivity contribution in [3.8, 4) is 11.5 Å². The first-order valence-corrected chi connectivity index (χ1v) is 7.43. The van der Waals surface area contributed by atoms with Crippen LogP contribution in [0.15, 0.2) is 49.2 Å². The van der Waals surface area contributed by atoms with E-state index in [4.69, 9.17) is 0 Å². The second kappa shape index (κ2) is 6.79. The molecule has 0 saturated heterocycles. The van der Waals surface area contributed by atoms with Crippen LogP contribution in [-0.2, 0) is 11.3 Å². The molecule has 1 aliphatic rings. The Bertz CT molecular complexity index is 886. The first-order chi connectivity index (χ1) is 12.4. The van der Waals surface area contributed by atoms with Gasteiger partial charge in [0, 0.05) is 23.5 Å². The first-order valence-electron chi connectivity index (χ1n) is 7.43. The molecular weight excluding hydrogens is 348 g/mol. The van der Waals surface area contributed by atoms with Crippen LogP contribution in [0, 0.1) is 0 Å². The number of hydrogen-bond donors (Lipinski definition) is 2. The molecule has 0 atom stereocenters. The minimum absolute atomic E-state index is 0.114. The highest BCUT2D eigenvalue weighted by atomic mass is 19.3. The monoisotopic (exact) mass is 361 g/mol. The molecule has 7 nitrogen and oxygen atoms in total. The highest BCUT2D eigenvalue weighted by molar-refractivity contribution is 6.04. The summed E-state index contributed by atoms with van der Waals surface area (Å²) in [5.74, 6) is -1.12. The molecule has 0 saturated carbocycles. The number of ether oxygens (including phenoxy) is 2. The molecule has 1 aromatic carbocycles. The van der Waals surface area contributed by atoms with Crippen molar-refractivity contribution in [2.75, 3.05) is 5.32 Å². The molecule has 0 bridgehead atoms. The van der Waals surface area contributed by atoms with Gasteiger partial charge in [-0.05, 0) is 30.3 Å². The normalized spacial score (nSPS) is 13.8. The van der Waals surface area contributed by atoms with Crippen molar-refractivity contribution in [3.63, 3.8) is 0 Å². The van der Waals surface area contributed by atoms with Crippen LogP contribution < -0.4 is 20.1 Å². The number of halogens is 2. The molecule has 0 aliphatic carbocycles. The van der Waals surface area contributed by atoms with Gasteiger partial charge in [0.15, 0.2) is 11.5 Å². The number of aromatic nitrogens is 1. The third-order valence-electron chi connectivity index (χ3n) is 3.37. The van der Waals surface area contributed by atoms with Crippen molar-refractivity contribution in [1.82, 2.24) is 10.3 Å². The number of carbonyl (C=O) groups excluding carboxylic acids is 2. The number of rotatable bonds is 5. The van der Waals surface area contributed by atoms with Crippen LogP contribution in [0.25, 0.3) is 0 Å². The molecule has 9 heteroatoms. The fourth-order valence-corrected chi connectivity index (χ4v) is 2.20. The predicted molar refractivity (Wildman–Crippen MR) is 86.9 cm³/mol. The van der Waals surface area contributed by atoms with E-state index in [9.17, 15) is 18.4 Å². The molecule has 1 aliphatic heterocycles. The Balaban J connectivity index is 1.69. The minimum Gasteiger partial charge on any atom is -0.395 e. The number of alkyl halides is 2. The number of carbonyl (C=O) groups is 2. The zero-order valence-electron chi connectivity index (χ0n) is 13.3. The van der Waals surface area contributed by atoms with Gasteiger partial charge in [-0.3, -0.25) is 14.6 Å². The molecule has 0 unspecified atom stereocenters. The summed E-state index contributed by atoms with van der Waals surface area (Å²) in [7, 11) is 0. The first kappa shape index (κ1) is 17.3. The maximum Gasteiger partial charge on any atom is 0.586 e. The summed E-state index contributed by atoms with van der Waals surface area (Å²) in [5.41, 5.74) is 1.01. The Morgan fingerprint density at radius 2 is 1.96 bits per heavy atom. The van der Waals surface area contributed by atoms with Crippen molar-refractivity contribution in [1.29, 1.82) is 0 Å². The Labute approximate surface area is 146 Å². The number of nitrogens with one attached hydrogen (secondary N) is 2. The van der Waals surface area contributed by atoms with Crippen LogP contribution in [0.4, 0.5) is 14.5 Å². The number of fused-ring (bicyclic) bond motifs is 1. The van der Waals surface area contributed by atoms with Crippen molar-refractivity contribution >= 4 is 17.5 Å². The minimum atomic E-state index is -3.72. The molecule has 2 N–H and O–H groups in total. The van der Waals surface area contributed by atoms with Gasteiger partial charge in [0.05, 0.1) is 12.2 Å². The Kier molecular flexibility index (Phi) is 4.53. The second-order valence-electron chi connectivity index (χ2n) is 5.24. The number of nitrogens with zero attached hydrogens (tertiary/aromatic N) is 1. The predicted octanol–water partition coefficient (Wildman–Crippen LogP) is 2.46. The van der Waals surface area contributed by atoms with Gasteiger partial charge in [-0.2, -0.15) is 0 Å². The van der Waals surface area contributed by atoms with E-state index in [2.05, 4.69) is 31.7 Å².